The standard InChI is InChI=1S/C12H18BrClN2/c1-9(8-16(2)3)15-7-10-5-4-6-11(13)12(10)14/h4-6,9,15H,7-8H2,1-3H3. The van der Waals surface area contributed by atoms with Crippen molar-refractivity contribution in [3.63, 3.8) is 0 Å². The molecular weight excluding hydrogens is 288 g/mol. The maximum absolute atomic E-state index is 6.19. The SMILES string of the molecule is CC(CN(C)C)NCc1cccc(Br)c1Cl. The van der Waals surface area contributed by atoms with Crippen molar-refractivity contribution in [2.75, 3.05) is 20.6 Å². The summed E-state index contributed by atoms with van der Waals surface area (Å²) in [6.45, 7) is 3.99. The van der Waals surface area contributed by atoms with E-state index in [1.165, 1.54) is 0 Å². The van der Waals surface area contributed by atoms with Crippen molar-refractivity contribution in [2.24, 2.45) is 0 Å². The average molecular weight is 306 g/mol. The zero-order valence-electron chi connectivity index (χ0n) is 9.93. The number of nitrogens with zero attached hydrogens (tertiary/aromatic N) is 1. The van der Waals surface area contributed by atoms with Gasteiger partial charge in [-0.1, -0.05) is 23.7 Å². The summed E-state index contributed by atoms with van der Waals surface area (Å²) < 4.78 is 0.953. The molecule has 0 heterocycles. The lowest BCUT2D eigenvalue weighted by Gasteiger charge is -2.18. The molecular formula is C12H18BrClN2. The Morgan fingerprint density at radius 3 is 2.75 bits per heavy atom. The Morgan fingerprint density at radius 2 is 2.12 bits per heavy atom. The van der Waals surface area contributed by atoms with Crippen molar-refractivity contribution in [1.82, 2.24) is 10.2 Å². The van der Waals surface area contributed by atoms with Crippen LogP contribution in [0.4, 0.5) is 0 Å². The largest absolute Gasteiger partial charge is 0.309 e. The maximum Gasteiger partial charge on any atom is 0.0592 e. The predicted octanol–water partition coefficient (Wildman–Crippen LogP) is 3.14. The zero-order chi connectivity index (χ0) is 12.1. The Labute approximate surface area is 111 Å². The van der Waals surface area contributed by atoms with Gasteiger partial charge in [0.05, 0.1) is 5.02 Å². The Kier molecular flexibility index (Phi) is 5.76. The van der Waals surface area contributed by atoms with Gasteiger partial charge in [0.25, 0.3) is 0 Å². The van der Waals surface area contributed by atoms with E-state index in [-0.39, 0.29) is 0 Å². The van der Waals surface area contributed by atoms with Crippen LogP contribution in [0.15, 0.2) is 22.7 Å². The highest BCUT2D eigenvalue weighted by Crippen LogP contribution is 2.25. The molecule has 1 atom stereocenters. The minimum atomic E-state index is 0.449. The van der Waals surface area contributed by atoms with Gasteiger partial charge in [0.15, 0.2) is 0 Å². The molecule has 0 spiro atoms. The third-order valence-electron chi connectivity index (χ3n) is 2.31. The summed E-state index contributed by atoms with van der Waals surface area (Å²) in [5.74, 6) is 0. The van der Waals surface area contributed by atoms with E-state index >= 15 is 0 Å². The minimum Gasteiger partial charge on any atom is -0.309 e. The lowest BCUT2D eigenvalue weighted by molar-refractivity contribution is 0.349. The molecule has 1 rings (SSSR count). The molecule has 1 aromatic rings. The van der Waals surface area contributed by atoms with Crippen LogP contribution in [-0.2, 0) is 6.54 Å². The van der Waals surface area contributed by atoms with E-state index in [0.717, 1.165) is 28.1 Å². The van der Waals surface area contributed by atoms with Crippen LogP contribution in [0.2, 0.25) is 5.02 Å². The van der Waals surface area contributed by atoms with Crippen molar-refractivity contribution in [3.05, 3.63) is 33.3 Å². The molecule has 0 saturated heterocycles. The second-order valence-electron chi connectivity index (χ2n) is 4.26. The molecule has 2 nitrogen and oxygen atoms in total. The van der Waals surface area contributed by atoms with Gasteiger partial charge < -0.3 is 10.2 Å². The van der Waals surface area contributed by atoms with E-state index in [2.05, 4.69) is 47.2 Å². The topological polar surface area (TPSA) is 15.3 Å². The molecule has 0 aliphatic rings. The van der Waals surface area contributed by atoms with E-state index in [4.69, 9.17) is 11.6 Å². The molecule has 0 radical (unpaired) electrons. The molecule has 4 heteroatoms. The van der Waals surface area contributed by atoms with Gasteiger partial charge in [-0.2, -0.15) is 0 Å². The Bertz CT molecular complexity index is 342. The normalized spacial score (nSPS) is 13.1. The Hall–Kier alpha value is -0.0900. The quantitative estimate of drug-likeness (QED) is 0.899. The second-order valence-corrected chi connectivity index (χ2v) is 5.49. The van der Waals surface area contributed by atoms with Crippen molar-refractivity contribution >= 4 is 27.5 Å². The first kappa shape index (κ1) is 14.0. The number of hydrogen-bond donors (Lipinski definition) is 1. The molecule has 0 aliphatic heterocycles. The third kappa shape index (κ3) is 4.42. The monoisotopic (exact) mass is 304 g/mol. The van der Waals surface area contributed by atoms with Crippen LogP contribution >= 0.6 is 27.5 Å². The summed E-state index contributed by atoms with van der Waals surface area (Å²) in [6, 6.07) is 6.45. The van der Waals surface area contributed by atoms with E-state index in [9.17, 15) is 0 Å². The van der Waals surface area contributed by atoms with Crippen LogP contribution in [0, 0.1) is 0 Å². The number of hydrogen-bond acceptors (Lipinski definition) is 2. The van der Waals surface area contributed by atoms with Crippen LogP contribution in [0.5, 0.6) is 0 Å². The van der Waals surface area contributed by atoms with Gasteiger partial charge in [-0.15, -0.1) is 0 Å². The van der Waals surface area contributed by atoms with Gasteiger partial charge in [0.1, 0.15) is 0 Å². The van der Waals surface area contributed by atoms with Crippen LogP contribution in [0.3, 0.4) is 0 Å². The number of likely N-dealkylation sites (N-methyl/N-ethyl adjacent to an activating group) is 1. The van der Waals surface area contributed by atoms with Crippen molar-refractivity contribution in [1.29, 1.82) is 0 Å². The molecule has 16 heavy (non-hydrogen) atoms. The predicted molar refractivity (Wildman–Crippen MR) is 74.0 cm³/mol. The number of nitrogens with one attached hydrogen (secondary N) is 1. The van der Waals surface area contributed by atoms with Crippen LogP contribution in [-0.4, -0.2) is 31.6 Å². The van der Waals surface area contributed by atoms with Crippen LogP contribution in [0.25, 0.3) is 0 Å². The highest BCUT2D eigenvalue weighted by atomic mass is 79.9. The fraction of sp³-hybridized carbons (Fsp3) is 0.500. The van der Waals surface area contributed by atoms with Gasteiger partial charge in [0.2, 0.25) is 0 Å². The van der Waals surface area contributed by atoms with Gasteiger partial charge in [0, 0.05) is 23.6 Å². The molecule has 0 saturated carbocycles. The third-order valence-corrected chi connectivity index (χ3v) is 3.65. The van der Waals surface area contributed by atoms with E-state index in [1.54, 1.807) is 0 Å². The fourth-order valence-corrected chi connectivity index (χ4v) is 2.18. The van der Waals surface area contributed by atoms with Gasteiger partial charge >= 0.3 is 0 Å². The van der Waals surface area contributed by atoms with Gasteiger partial charge in [-0.05, 0) is 48.6 Å². The number of halogens is 2. The molecule has 90 valence electrons. The molecule has 1 aromatic carbocycles. The number of benzene rings is 1. The summed E-state index contributed by atoms with van der Waals surface area (Å²) in [6.07, 6.45) is 0. The van der Waals surface area contributed by atoms with E-state index in [0.29, 0.717) is 6.04 Å². The summed E-state index contributed by atoms with van der Waals surface area (Å²) in [5.41, 5.74) is 1.13. The van der Waals surface area contributed by atoms with Crippen molar-refractivity contribution < 1.29 is 0 Å². The first-order valence-corrected chi connectivity index (χ1v) is 6.48. The van der Waals surface area contributed by atoms with Crippen molar-refractivity contribution in [3.8, 4) is 0 Å². The molecule has 1 unspecified atom stereocenters. The molecule has 0 bridgehead atoms. The smallest absolute Gasteiger partial charge is 0.0592 e. The maximum atomic E-state index is 6.19. The highest BCUT2D eigenvalue weighted by molar-refractivity contribution is 9.10. The average Bonchev–Trinajstić information content (AvgIpc) is 2.19. The summed E-state index contributed by atoms with van der Waals surface area (Å²) in [5, 5.41) is 4.25. The van der Waals surface area contributed by atoms with Gasteiger partial charge in [-0.3, -0.25) is 0 Å². The highest BCUT2D eigenvalue weighted by Gasteiger charge is 2.06. The molecule has 0 aliphatic carbocycles. The molecule has 0 aromatic heterocycles. The first-order valence-electron chi connectivity index (χ1n) is 5.31. The Balaban J connectivity index is 2.51. The van der Waals surface area contributed by atoms with Crippen molar-refractivity contribution in [2.45, 2.75) is 19.5 Å². The molecule has 0 amide bonds. The summed E-state index contributed by atoms with van der Waals surface area (Å²) >= 11 is 9.61. The number of rotatable bonds is 5. The molecule has 1 N–H and O–H groups in total. The lowest BCUT2D eigenvalue weighted by atomic mass is 10.2. The second kappa shape index (κ2) is 6.60. The minimum absolute atomic E-state index is 0.449. The molecule has 0 fully saturated rings. The Morgan fingerprint density at radius 1 is 1.44 bits per heavy atom. The lowest BCUT2D eigenvalue weighted by Crippen LogP contribution is -2.35. The summed E-state index contributed by atoms with van der Waals surface area (Å²) in [4.78, 5) is 2.17. The van der Waals surface area contributed by atoms with E-state index in [1.807, 2.05) is 18.2 Å². The van der Waals surface area contributed by atoms with Crippen LogP contribution < -0.4 is 5.32 Å². The zero-order valence-corrected chi connectivity index (χ0v) is 12.3. The van der Waals surface area contributed by atoms with Gasteiger partial charge in [-0.25, -0.2) is 0 Å². The van der Waals surface area contributed by atoms with Crippen LogP contribution in [0.1, 0.15) is 12.5 Å². The van der Waals surface area contributed by atoms with E-state index < -0.39 is 0 Å². The fourth-order valence-electron chi connectivity index (χ4n) is 1.58. The first-order chi connectivity index (χ1) is 7.50. The summed E-state index contributed by atoms with van der Waals surface area (Å²) in [7, 11) is 4.15.